The maximum Gasteiger partial charge on any atom is 0.212 e. The molecular weight excluding hydrogens is 446 g/mol. The van der Waals surface area contributed by atoms with Gasteiger partial charge >= 0.3 is 0 Å². The van der Waals surface area contributed by atoms with Crippen LogP contribution in [0.2, 0.25) is 0 Å². The SMILES string of the molecule is Cn1cc(-c2cc(OCc3ccccn3)c3c(n2)C2(CCOC2)OCC3)c2cc(NC=O)ncc21. The number of hydrogen-bond acceptors (Lipinski definition) is 7. The van der Waals surface area contributed by atoms with Crippen LogP contribution in [0.15, 0.2) is 48.9 Å². The number of hydrogen-bond donors (Lipinski definition) is 1. The normalized spacial score (nSPS) is 19.1. The average Bonchev–Trinajstić information content (AvgIpc) is 3.48. The van der Waals surface area contributed by atoms with E-state index in [0.717, 1.165) is 57.7 Å². The predicted molar refractivity (Wildman–Crippen MR) is 129 cm³/mol. The van der Waals surface area contributed by atoms with Gasteiger partial charge in [-0.1, -0.05) is 6.07 Å². The summed E-state index contributed by atoms with van der Waals surface area (Å²) in [7, 11) is 1.96. The van der Waals surface area contributed by atoms with E-state index in [9.17, 15) is 4.79 Å². The Balaban J connectivity index is 1.51. The van der Waals surface area contributed by atoms with Gasteiger partial charge in [0.05, 0.1) is 42.0 Å². The number of carbonyl (C=O) groups excluding carboxylic acids is 1. The van der Waals surface area contributed by atoms with Crippen LogP contribution in [-0.2, 0) is 39.9 Å². The zero-order valence-corrected chi connectivity index (χ0v) is 19.4. The second-order valence-electron chi connectivity index (χ2n) is 8.84. The largest absolute Gasteiger partial charge is 0.487 e. The fraction of sp³-hybridized carbons (Fsp3) is 0.308. The summed E-state index contributed by atoms with van der Waals surface area (Å²) in [5, 5.41) is 3.57. The van der Waals surface area contributed by atoms with Crippen LogP contribution < -0.4 is 10.1 Å². The van der Waals surface area contributed by atoms with Crippen molar-refractivity contribution in [2.75, 3.05) is 25.1 Å². The van der Waals surface area contributed by atoms with Gasteiger partial charge in [0.25, 0.3) is 0 Å². The minimum Gasteiger partial charge on any atom is -0.487 e. The molecule has 6 heterocycles. The molecule has 0 aromatic carbocycles. The standard InChI is InChI=1S/C26H25N5O4/c1-31-13-20(19-10-24(29-16-32)28-12-22(19)31)21-11-23(34-14-17-4-2-3-7-27-17)18-5-8-35-26(25(18)30-21)6-9-33-15-26/h2-4,7,10-13,16H,5-6,8-9,14-15H2,1H3,(H,28,29,32). The van der Waals surface area contributed by atoms with E-state index in [4.69, 9.17) is 19.2 Å². The van der Waals surface area contributed by atoms with E-state index in [2.05, 4.69) is 15.3 Å². The van der Waals surface area contributed by atoms with Gasteiger partial charge in [0.15, 0.2) is 0 Å². The van der Waals surface area contributed by atoms with E-state index in [1.54, 1.807) is 12.4 Å². The molecule has 1 amide bonds. The molecule has 0 radical (unpaired) electrons. The maximum absolute atomic E-state index is 11.0. The Labute approximate surface area is 202 Å². The summed E-state index contributed by atoms with van der Waals surface area (Å²) in [5.74, 6) is 1.26. The number of fused-ring (bicyclic) bond motifs is 3. The van der Waals surface area contributed by atoms with Gasteiger partial charge in [-0.15, -0.1) is 0 Å². The third-order valence-corrected chi connectivity index (χ3v) is 6.69. The molecule has 2 aliphatic heterocycles. The zero-order valence-electron chi connectivity index (χ0n) is 19.4. The summed E-state index contributed by atoms with van der Waals surface area (Å²) in [5.41, 5.74) is 4.85. The maximum atomic E-state index is 11.0. The van der Waals surface area contributed by atoms with Crippen molar-refractivity contribution in [3.8, 4) is 17.0 Å². The Hall–Kier alpha value is -3.82. The highest BCUT2D eigenvalue weighted by Crippen LogP contribution is 2.44. The number of aromatic nitrogens is 4. The van der Waals surface area contributed by atoms with Crippen LogP contribution in [0.1, 0.15) is 23.4 Å². The van der Waals surface area contributed by atoms with E-state index in [1.807, 2.05) is 48.1 Å². The number of aryl methyl sites for hydroxylation is 1. The minimum absolute atomic E-state index is 0.355. The molecule has 9 heteroatoms. The van der Waals surface area contributed by atoms with E-state index >= 15 is 0 Å². The molecule has 2 aliphatic rings. The third-order valence-electron chi connectivity index (χ3n) is 6.69. The van der Waals surface area contributed by atoms with Gasteiger partial charge in [0, 0.05) is 61.5 Å². The van der Waals surface area contributed by atoms with E-state index in [1.165, 1.54) is 0 Å². The molecule has 1 fully saturated rings. The van der Waals surface area contributed by atoms with Crippen molar-refractivity contribution in [2.45, 2.75) is 25.0 Å². The molecule has 0 aliphatic carbocycles. The first-order valence-electron chi connectivity index (χ1n) is 11.6. The highest BCUT2D eigenvalue weighted by molar-refractivity contribution is 5.97. The lowest BCUT2D eigenvalue weighted by molar-refractivity contribution is -0.105. The first kappa shape index (κ1) is 21.7. The Morgan fingerprint density at radius 3 is 3.00 bits per heavy atom. The first-order valence-corrected chi connectivity index (χ1v) is 11.6. The number of rotatable bonds is 6. The summed E-state index contributed by atoms with van der Waals surface area (Å²) < 4.78 is 20.4. The summed E-state index contributed by atoms with van der Waals surface area (Å²) in [6.07, 6.45) is 7.63. The van der Waals surface area contributed by atoms with Crippen molar-refractivity contribution < 1.29 is 19.0 Å². The molecule has 1 N–H and O–H groups in total. The van der Waals surface area contributed by atoms with Gasteiger partial charge in [0.1, 0.15) is 23.8 Å². The molecule has 0 saturated carbocycles. The fourth-order valence-electron chi connectivity index (χ4n) is 4.95. The molecule has 0 bridgehead atoms. The number of nitrogens with zero attached hydrogens (tertiary/aromatic N) is 4. The van der Waals surface area contributed by atoms with Crippen LogP contribution in [0.5, 0.6) is 5.75 Å². The third kappa shape index (κ3) is 3.82. The van der Waals surface area contributed by atoms with Crippen molar-refractivity contribution in [1.29, 1.82) is 0 Å². The van der Waals surface area contributed by atoms with Gasteiger partial charge in [-0.25, -0.2) is 9.97 Å². The van der Waals surface area contributed by atoms with Gasteiger partial charge in [-0.3, -0.25) is 9.78 Å². The van der Waals surface area contributed by atoms with Gasteiger partial charge < -0.3 is 24.1 Å². The molecule has 35 heavy (non-hydrogen) atoms. The second-order valence-corrected chi connectivity index (χ2v) is 8.84. The summed E-state index contributed by atoms with van der Waals surface area (Å²) in [6, 6.07) is 9.65. The number of anilines is 1. The summed E-state index contributed by atoms with van der Waals surface area (Å²) in [4.78, 5) is 24.9. The lowest BCUT2D eigenvalue weighted by Gasteiger charge is -2.34. The van der Waals surface area contributed by atoms with Gasteiger partial charge in [-0.2, -0.15) is 0 Å². The van der Waals surface area contributed by atoms with Crippen LogP contribution in [0, 0.1) is 0 Å². The predicted octanol–water partition coefficient (Wildman–Crippen LogP) is 3.37. The van der Waals surface area contributed by atoms with E-state index < -0.39 is 5.60 Å². The molecule has 9 nitrogen and oxygen atoms in total. The molecule has 4 aromatic rings. The van der Waals surface area contributed by atoms with Crippen LogP contribution in [0.3, 0.4) is 0 Å². The van der Waals surface area contributed by atoms with Gasteiger partial charge in [-0.05, 0) is 18.2 Å². The Kier molecular flexibility index (Phi) is 5.43. The lowest BCUT2D eigenvalue weighted by atomic mass is 9.89. The summed E-state index contributed by atoms with van der Waals surface area (Å²) >= 11 is 0. The molecule has 178 valence electrons. The van der Waals surface area contributed by atoms with Crippen LogP contribution >= 0.6 is 0 Å². The van der Waals surface area contributed by atoms with E-state index in [0.29, 0.717) is 38.7 Å². The average molecular weight is 472 g/mol. The van der Waals surface area contributed by atoms with Crippen molar-refractivity contribution in [2.24, 2.45) is 7.05 Å². The first-order chi connectivity index (χ1) is 17.2. The van der Waals surface area contributed by atoms with E-state index in [-0.39, 0.29) is 0 Å². The monoisotopic (exact) mass is 471 g/mol. The highest BCUT2D eigenvalue weighted by atomic mass is 16.6. The van der Waals surface area contributed by atoms with Crippen molar-refractivity contribution in [3.63, 3.8) is 0 Å². The number of amides is 1. The molecule has 6 rings (SSSR count). The van der Waals surface area contributed by atoms with Gasteiger partial charge in [0.2, 0.25) is 6.41 Å². The van der Waals surface area contributed by atoms with Crippen molar-refractivity contribution >= 4 is 23.1 Å². The Morgan fingerprint density at radius 2 is 2.20 bits per heavy atom. The van der Waals surface area contributed by atoms with Crippen LogP contribution in [-0.4, -0.2) is 45.7 Å². The van der Waals surface area contributed by atoms with Crippen molar-refractivity contribution in [1.82, 2.24) is 19.5 Å². The highest BCUT2D eigenvalue weighted by Gasteiger charge is 2.44. The van der Waals surface area contributed by atoms with Crippen LogP contribution in [0.25, 0.3) is 22.2 Å². The number of nitrogens with one attached hydrogen (secondary N) is 1. The number of ether oxygens (including phenoxy) is 3. The number of pyridine rings is 3. The molecule has 1 spiro atoms. The smallest absolute Gasteiger partial charge is 0.212 e. The topological polar surface area (TPSA) is 100 Å². The zero-order chi connectivity index (χ0) is 23.8. The van der Waals surface area contributed by atoms with Crippen molar-refractivity contribution in [3.05, 3.63) is 65.9 Å². The molecule has 4 aromatic heterocycles. The molecule has 1 atom stereocenters. The lowest BCUT2D eigenvalue weighted by Crippen LogP contribution is -2.37. The summed E-state index contributed by atoms with van der Waals surface area (Å²) in [6.45, 7) is 2.06. The molecular formula is C26H25N5O4. The fourth-order valence-corrected chi connectivity index (χ4v) is 4.95. The Bertz CT molecular complexity index is 1400. The molecule has 1 unspecified atom stereocenters. The number of carbonyl (C=O) groups is 1. The molecule has 1 saturated heterocycles. The quantitative estimate of drug-likeness (QED) is 0.430. The Morgan fingerprint density at radius 1 is 1.26 bits per heavy atom. The van der Waals surface area contributed by atoms with Crippen LogP contribution in [0.4, 0.5) is 5.82 Å². The second kappa shape index (κ2) is 8.75. The minimum atomic E-state index is -0.566.